The minimum atomic E-state index is -0.643. The highest BCUT2D eigenvalue weighted by Crippen LogP contribution is 2.36. The Hall–Kier alpha value is -0.610. The van der Waals surface area contributed by atoms with Crippen LogP contribution < -0.4 is 0 Å². The van der Waals surface area contributed by atoms with Crippen LogP contribution in [-0.2, 0) is 9.53 Å². The quantitative estimate of drug-likeness (QED) is 0.790. The van der Waals surface area contributed by atoms with E-state index in [1.165, 1.54) is 0 Å². The van der Waals surface area contributed by atoms with Crippen LogP contribution in [0.4, 0.5) is 0 Å². The fraction of sp³-hybridized carbons (Fsp3) is 0.917. The van der Waals surface area contributed by atoms with E-state index in [0.717, 1.165) is 38.8 Å². The molecule has 92 valence electrons. The lowest BCUT2D eigenvalue weighted by Crippen LogP contribution is -2.53. The van der Waals surface area contributed by atoms with Crippen molar-refractivity contribution in [3.63, 3.8) is 0 Å². The number of carboxylic acids is 1. The number of likely N-dealkylation sites (tertiary alicyclic amines) is 1. The maximum absolute atomic E-state index is 11.1. The summed E-state index contributed by atoms with van der Waals surface area (Å²) in [4.78, 5) is 13.5. The Kier molecular flexibility index (Phi) is 3.22. The lowest BCUT2D eigenvalue weighted by Gasteiger charge is -2.46. The Morgan fingerprint density at radius 1 is 1.38 bits per heavy atom. The molecule has 2 aliphatic rings. The Labute approximate surface area is 96.6 Å². The van der Waals surface area contributed by atoms with Crippen molar-refractivity contribution in [2.24, 2.45) is 5.41 Å². The van der Waals surface area contributed by atoms with E-state index in [1.54, 1.807) is 7.11 Å². The predicted octanol–water partition coefficient (Wildman–Crippen LogP) is 1.35. The van der Waals surface area contributed by atoms with Crippen LogP contribution in [-0.4, -0.2) is 48.3 Å². The van der Waals surface area contributed by atoms with Crippen molar-refractivity contribution in [2.75, 3.05) is 20.2 Å². The summed E-state index contributed by atoms with van der Waals surface area (Å²) in [6, 6.07) is 0.628. The molecule has 1 aliphatic heterocycles. The SMILES string of the molecule is COC1CC(N2CCC(C)(C(=O)O)CC2)C1. The normalized spacial score (nSPS) is 34.4. The first-order valence-electron chi connectivity index (χ1n) is 6.05. The van der Waals surface area contributed by atoms with E-state index in [9.17, 15) is 4.79 Å². The van der Waals surface area contributed by atoms with Gasteiger partial charge in [-0.15, -0.1) is 0 Å². The monoisotopic (exact) mass is 227 g/mol. The van der Waals surface area contributed by atoms with Gasteiger partial charge in [0.2, 0.25) is 0 Å². The van der Waals surface area contributed by atoms with Crippen molar-refractivity contribution >= 4 is 5.97 Å². The van der Waals surface area contributed by atoms with E-state index in [0.29, 0.717) is 12.1 Å². The second-order valence-corrected chi connectivity index (χ2v) is 5.38. The van der Waals surface area contributed by atoms with Gasteiger partial charge in [-0.2, -0.15) is 0 Å². The second-order valence-electron chi connectivity index (χ2n) is 5.38. The first kappa shape index (κ1) is 11.9. The van der Waals surface area contributed by atoms with Crippen molar-refractivity contribution in [3.8, 4) is 0 Å². The lowest BCUT2D eigenvalue weighted by atomic mass is 9.78. The van der Waals surface area contributed by atoms with Crippen LogP contribution in [0, 0.1) is 5.41 Å². The maximum atomic E-state index is 11.1. The molecule has 4 heteroatoms. The Morgan fingerprint density at radius 3 is 2.38 bits per heavy atom. The average Bonchev–Trinajstić information content (AvgIpc) is 2.19. The summed E-state index contributed by atoms with van der Waals surface area (Å²) in [6.45, 7) is 3.71. The van der Waals surface area contributed by atoms with Crippen LogP contribution in [0.1, 0.15) is 32.6 Å². The van der Waals surface area contributed by atoms with E-state index >= 15 is 0 Å². The molecule has 0 radical (unpaired) electrons. The number of aliphatic carboxylic acids is 1. The molecule has 0 unspecified atom stereocenters. The highest BCUT2D eigenvalue weighted by molar-refractivity contribution is 5.74. The maximum Gasteiger partial charge on any atom is 0.309 e. The van der Waals surface area contributed by atoms with Crippen molar-refractivity contribution in [1.29, 1.82) is 0 Å². The van der Waals surface area contributed by atoms with Crippen molar-refractivity contribution < 1.29 is 14.6 Å². The number of hydrogen-bond acceptors (Lipinski definition) is 3. The zero-order valence-corrected chi connectivity index (χ0v) is 10.1. The van der Waals surface area contributed by atoms with Gasteiger partial charge in [-0.25, -0.2) is 0 Å². The van der Waals surface area contributed by atoms with Gasteiger partial charge < -0.3 is 14.7 Å². The minimum Gasteiger partial charge on any atom is -0.481 e. The summed E-state index contributed by atoms with van der Waals surface area (Å²) in [6.07, 6.45) is 4.20. The second kappa shape index (κ2) is 4.34. The Bertz CT molecular complexity index is 265. The summed E-state index contributed by atoms with van der Waals surface area (Å²) in [7, 11) is 1.76. The molecular formula is C12H21NO3. The first-order valence-corrected chi connectivity index (χ1v) is 6.05. The fourth-order valence-electron chi connectivity index (χ4n) is 2.63. The molecule has 0 amide bonds. The average molecular weight is 227 g/mol. The molecule has 0 bridgehead atoms. The molecule has 0 aromatic carbocycles. The van der Waals surface area contributed by atoms with E-state index in [4.69, 9.17) is 9.84 Å². The van der Waals surface area contributed by atoms with Gasteiger partial charge in [-0.05, 0) is 45.7 Å². The smallest absolute Gasteiger partial charge is 0.309 e. The molecule has 16 heavy (non-hydrogen) atoms. The zero-order chi connectivity index (χ0) is 11.8. The third-order valence-electron chi connectivity index (χ3n) is 4.34. The predicted molar refractivity (Wildman–Crippen MR) is 60.4 cm³/mol. The van der Waals surface area contributed by atoms with E-state index in [-0.39, 0.29) is 0 Å². The van der Waals surface area contributed by atoms with Gasteiger partial charge in [0.15, 0.2) is 0 Å². The number of rotatable bonds is 3. The van der Waals surface area contributed by atoms with Crippen molar-refractivity contribution in [1.82, 2.24) is 4.90 Å². The van der Waals surface area contributed by atoms with Gasteiger partial charge in [0.25, 0.3) is 0 Å². The first-order chi connectivity index (χ1) is 7.55. The molecule has 1 saturated heterocycles. The van der Waals surface area contributed by atoms with Gasteiger partial charge in [0.1, 0.15) is 0 Å². The molecule has 0 atom stereocenters. The number of piperidine rings is 1. The molecule has 0 aromatic rings. The van der Waals surface area contributed by atoms with Crippen LogP contribution in [0.5, 0.6) is 0 Å². The summed E-state index contributed by atoms with van der Waals surface area (Å²) in [5.41, 5.74) is -0.499. The third kappa shape index (κ3) is 2.09. The molecule has 2 rings (SSSR count). The number of carboxylic acid groups (broad SMARTS) is 1. The summed E-state index contributed by atoms with van der Waals surface area (Å²) < 4.78 is 5.27. The Balaban J connectivity index is 1.80. The lowest BCUT2D eigenvalue weighted by molar-refractivity contribution is -0.152. The molecule has 1 heterocycles. The molecule has 0 spiro atoms. The van der Waals surface area contributed by atoms with Crippen LogP contribution >= 0.6 is 0 Å². The number of ether oxygens (including phenoxy) is 1. The summed E-state index contributed by atoms with van der Waals surface area (Å²) in [5, 5.41) is 9.14. The fourth-order valence-corrected chi connectivity index (χ4v) is 2.63. The molecule has 1 aliphatic carbocycles. The minimum absolute atomic E-state index is 0.429. The van der Waals surface area contributed by atoms with Gasteiger partial charge in [0, 0.05) is 13.2 Å². The molecular weight excluding hydrogens is 206 g/mol. The van der Waals surface area contributed by atoms with Gasteiger partial charge in [0.05, 0.1) is 11.5 Å². The number of nitrogens with zero attached hydrogens (tertiary/aromatic N) is 1. The van der Waals surface area contributed by atoms with E-state index < -0.39 is 11.4 Å². The zero-order valence-electron chi connectivity index (χ0n) is 10.1. The number of carbonyl (C=O) groups is 1. The summed E-state index contributed by atoms with van der Waals surface area (Å²) >= 11 is 0. The number of methoxy groups -OCH3 is 1. The molecule has 4 nitrogen and oxygen atoms in total. The van der Waals surface area contributed by atoms with Crippen LogP contribution in [0.25, 0.3) is 0 Å². The van der Waals surface area contributed by atoms with E-state index in [2.05, 4.69) is 4.90 Å². The van der Waals surface area contributed by atoms with Crippen LogP contribution in [0.3, 0.4) is 0 Å². The summed E-state index contributed by atoms with van der Waals surface area (Å²) in [5.74, 6) is -0.643. The van der Waals surface area contributed by atoms with E-state index in [1.807, 2.05) is 6.92 Å². The molecule has 0 aromatic heterocycles. The van der Waals surface area contributed by atoms with Crippen molar-refractivity contribution in [3.05, 3.63) is 0 Å². The molecule has 1 saturated carbocycles. The van der Waals surface area contributed by atoms with Gasteiger partial charge in [-0.1, -0.05) is 0 Å². The van der Waals surface area contributed by atoms with Gasteiger partial charge >= 0.3 is 5.97 Å². The largest absolute Gasteiger partial charge is 0.481 e. The molecule has 2 fully saturated rings. The topological polar surface area (TPSA) is 49.8 Å². The standard InChI is InChI=1S/C12H21NO3/c1-12(11(14)15)3-5-13(6-4-12)9-7-10(8-9)16-2/h9-10H,3-8H2,1-2H3,(H,14,15). The highest BCUT2D eigenvalue weighted by Gasteiger charge is 2.41. The van der Waals surface area contributed by atoms with Gasteiger partial charge in [-0.3, -0.25) is 4.79 Å². The Morgan fingerprint density at radius 2 is 1.94 bits per heavy atom. The third-order valence-corrected chi connectivity index (χ3v) is 4.34. The van der Waals surface area contributed by atoms with Crippen LogP contribution in [0.15, 0.2) is 0 Å². The van der Waals surface area contributed by atoms with Crippen molar-refractivity contribution in [2.45, 2.75) is 44.8 Å². The molecule has 1 N–H and O–H groups in total. The van der Waals surface area contributed by atoms with Crippen LogP contribution in [0.2, 0.25) is 0 Å². The number of hydrogen-bond donors (Lipinski definition) is 1. The highest BCUT2D eigenvalue weighted by atomic mass is 16.5.